The van der Waals surface area contributed by atoms with Crippen LogP contribution >= 0.6 is 15.9 Å². The first kappa shape index (κ1) is 14.3. The average molecular weight is 328 g/mol. The molecular weight excluding hydrogens is 310 g/mol. The predicted molar refractivity (Wildman–Crippen MR) is 77.6 cm³/mol. The Hall–Kier alpha value is -1.07. The Bertz CT molecular complexity index is 444. The fourth-order valence-electron chi connectivity index (χ4n) is 2.04. The summed E-state index contributed by atoms with van der Waals surface area (Å²) in [4.78, 5) is 11.6. The average Bonchev–Trinajstić information content (AvgIpc) is 2.42. The highest BCUT2D eigenvalue weighted by Crippen LogP contribution is 2.26. The van der Waals surface area contributed by atoms with Gasteiger partial charge in [0.05, 0.1) is 12.2 Å². The quantitative estimate of drug-likeness (QED) is 0.862. The van der Waals surface area contributed by atoms with Gasteiger partial charge in [0.1, 0.15) is 0 Å². The van der Waals surface area contributed by atoms with Gasteiger partial charge >= 0.3 is 5.97 Å². The number of nitrogens with one attached hydrogen (secondary N) is 1. The third-order valence-electron chi connectivity index (χ3n) is 3.06. The molecule has 5 heteroatoms. The van der Waals surface area contributed by atoms with Crippen LogP contribution in [-0.4, -0.2) is 31.8 Å². The minimum absolute atomic E-state index is 0.291. The fraction of sp³-hybridized carbons (Fsp3) is 0.500. The van der Waals surface area contributed by atoms with Gasteiger partial charge in [-0.05, 0) is 53.9 Å². The topological polar surface area (TPSA) is 47.6 Å². The van der Waals surface area contributed by atoms with Gasteiger partial charge in [-0.1, -0.05) is 0 Å². The lowest BCUT2D eigenvalue weighted by Crippen LogP contribution is -2.28. The van der Waals surface area contributed by atoms with E-state index in [4.69, 9.17) is 9.47 Å². The van der Waals surface area contributed by atoms with E-state index in [1.807, 2.05) is 6.07 Å². The summed E-state index contributed by atoms with van der Waals surface area (Å²) in [5, 5.41) is 3.47. The van der Waals surface area contributed by atoms with Crippen LogP contribution in [0, 0.1) is 0 Å². The first-order valence-electron chi connectivity index (χ1n) is 6.51. The molecule has 0 atom stereocenters. The second-order valence-corrected chi connectivity index (χ2v) is 5.30. The van der Waals surface area contributed by atoms with Crippen molar-refractivity contribution >= 4 is 27.6 Å². The third kappa shape index (κ3) is 3.94. The van der Waals surface area contributed by atoms with Crippen molar-refractivity contribution in [3.8, 4) is 0 Å². The molecule has 1 aromatic carbocycles. The van der Waals surface area contributed by atoms with E-state index in [-0.39, 0.29) is 5.97 Å². The number of hydrogen-bond donors (Lipinski definition) is 1. The number of carbonyl (C=O) groups excluding carboxylic acids is 1. The second-order valence-electron chi connectivity index (χ2n) is 4.45. The molecule has 19 heavy (non-hydrogen) atoms. The maximum absolute atomic E-state index is 11.6. The van der Waals surface area contributed by atoms with E-state index < -0.39 is 0 Å². The Morgan fingerprint density at radius 1 is 1.47 bits per heavy atom. The predicted octanol–water partition coefficient (Wildman–Crippen LogP) is 3.22. The van der Waals surface area contributed by atoms with Gasteiger partial charge in [-0.3, -0.25) is 0 Å². The molecule has 2 rings (SSSR count). The lowest BCUT2D eigenvalue weighted by molar-refractivity contribution is 0.0526. The van der Waals surface area contributed by atoms with E-state index in [0.29, 0.717) is 18.2 Å². The lowest BCUT2D eigenvalue weighted by Gasteiger charge is -2.24. The standard InChI is InChI=1S/C14H18BrNO3/c1-2-19-14(17)10-3-4-13(12(15)9-10)16-11-5-7-18-8-6-11/h3-4,9,11,16H,2,5-8H2,1H3. The zero-order valence-electron chi connectivity index (χ0n) is 10.9. The van der Waals surface area contributed by atoms with E-state index in [9.17, 15) is 4.79 Å². The van der Waals surface area contributed by atoms with Crippen LogP contribution in [0.5, 0.6) is 0 Å². The molecule has 1 aromatic rings. The molecule has 4 nitrogen and oxygen atoms in total. The summed E-state index contributed by atoms with van der Waals surface area (Å²) < 4.78 is 11.2. The van der Waals surface area contributed by atoms with E-state index in [1.165, 1.54) is 0 Å². The van der Waals surface area contributed by atoms with E-state index in [0.717, 1.165) is 36.2 Å². The van der Waals surface area contributed by atoms with Gasteiger partial charge < -0.3 is 14.8 Å². The normalized spacial score (nSPS) is 16.1. The Morgan fingerprint density at radius 3 is 2.84 bits per heavy atom. The van der Waals surface area contributed by atoms with Gasteiger partial charge in [0.25, 0.3) is 0 Å². The Labute approximate surface area is 121 Å². The van der Waals surface area contributed by atoms with Gasteiger partial charge in [0.2, 0.25) is 0 Å². The molecule has 0 radical (unpaired) electrons. The van der Waals surface area contributed by atoms with Crippen LogP contribution in [0.25, 0.3) is 0 Å². The molecule has 0 amide bonds. The number of benzene rings is 1. The molecule has 1 fully saturated rings. The molecule has 0 aromatic heterocycles. The summed E-state index contributed by atoms with van der Waals surface area (Å²) in [5.41, 5.74) is 1.56. The van der Waals surface area contributed by atoms with Crippen LogP contribution in [0.4, 0.5) is 5.69 Å². The molecule has 1 aliphatic rings. The van der Waals surface area contributed by atoms with Crippen LogP contribution < -0.4 is 5.32 Å². The molecule has 0 saturated carbocycles. The number of ether oxygens (including phenoxy) is 2. The molecule has 0 bridgehead atoms. The number of rotatable bonds is 4. The molecule has 0 aliphatic carbocycles. The first-order chi connectivity index (χ1) is 9.20. The van der Waals surface area contributed by atoms with Crippen molar-refractivity contribution in [2.75, 3.05) is 25.1 Å². The van der Waals surface area contributed by atoms with Crippen LogP contribution in [0.2, 0.25) is 0 Å². The van der Waals surface area contributed by atoms with E-state index >= 15 is 0 Å². The molecule has 1 saturated heterocycles. The summed E-state index contributed by atoms with van der Waals surface area (Å²) in [6.45, 7) is 3.79. The largest absolute Gasteiger partial charge is 0.462 e. The summed E-state index contributed by atoms with van der Waals surface area (Å²) in [6.07, 6.45) is 2.01. The number of halogens is 1. The number of anilines is 1. The molecular formula is C14H18BrNO3. The number of esters is 1. The Balaban J connectivity index is 2.04. The van der Waals surface area contributed by atoms with Crippen molar-refractivity contribution in [3.05, 3.63) is 28.2 Å². The van der Waals surface area contributed by atoms with Crippen molar-refractivity contribution in [2.24, 2.45) is 0 Å². The summed E-state index contributed by atoms with van der Waals surface area (Å²) in [7, 11) is 0. The molecule has 1 heterocycles. The highest BCUT2D eigenvalue weighted by Gasteiger charge is 2.15. The molecule has 1 aliphatic heterocycles. The summed E-state index contributed by atoms with van der Waals surface area (Å²) >= 11 is 3.49. The van der Waals surface area contributed by atoms with Crippen LogP contribution in [0.15, 0.2) is 22.7 Å². The molecule has 0 unspecified atom stereocenters. The van der Waals surface area contributed by atoms with Gasteiger partial charge in [-0.25, -0.2) is 4.79 Å². The smallest absolute Gasteiger partial charge is 0.338 e. The van der Waals surface area contributed by atoms with Crippen molar-refractivity contribution in [2.45, 2.75) is 25.8 Å². The van der Waals surface area contributed by atoms with Crippen LogP contribution in [-0.2, 0) is 9.47 Å². The minimum atomic E-state index is -0.291. The zero-order valence-corrected chi connectivity index (χ0v) is 12.5. The first-order valence-corrected chi connectivity index (χ1v) is 7.31. The molecule has 0 spiro atoms. The van der Waals surface area contributed by atoms with Gasteiger partial charge in [0.15, 0.2) is 0 Å². The highest BCUT2D eigenvalue weighted by atomic mass is 79.9. The van der Waals surface area contributed by atoms with Gasteiger partial charge in [0, 0.05) is 29.4 Å². The van der Waals surface area contributed by atoms with E-state index in [2.05, 4.69) is 21.2 Å². The van der Waals surface area contributed by atoms with E-state index in [1.54, 1.807) is 19.1 Å². The van der Waals surface area contributed by atoms with Crippen molar-refractivity contribution in [1.29, 1.82) is 0 Å². The Kier molecular flexibility index (Phi) is 5.22. The van der Waals surface area contributed by atoms with Crippen molar-refractivity contribution < 1.29 is 14.3 Å². The highest BCUT2D eigenvalue weighted by molar-refractivity contribution is 9.10. The Morgan fingerprint density at radius 2 is 2.21 bits per heavy atom. The maximum Gasteiger partial charge on any atom is 0.338 e. The maximum atomic E-state index is 11.6. The lowest BCUT2D eigenvalue weighted by atomic mass is 10.1. The monoisotopic (exact) mass is 327 g/mol. The van der Waals surface area contributed by atoms with Crippen LogP contribution in [0.1, 0.15) is 30.1 Å². The molecule has 104 valence electrons. The summed E-state index contributed by atoms with van der Waals surface area (Å²) in [6, 6.07) is 5.91. The van der Waals surface area contributed by atoms with Crippen molar-refractivity contribution in [1.82, 2.24) is 0 Å². The molecule has 1 N–H and O–H groups in total. The van der Waals surface area contributed by atoms with Crippen LogP contribution in [0.3, 0.4) is 0 Å². The number of hydrogen-bond acceptors (Lipinski definition) is 4. The minimum Gasteiger partial charge on any atom is -0.462 e. The van der Waals surface area contributed by atoms with Crippen molar-refractivity contribution in [3.63, 3.8) is 0 Å². The van der Waals surface area contributed by atoms with Gasteiger partial charge in [-0.2, -0.15) is 0 Å². The third-order valence-corrected chi connectivity index (χ3v) is 3.72. The SMILES string of the molecule is CCOC(=O)c1ccc(NC2CCOCC2)c(Br)c1. The zero-order chi connectivity index (χ0) is 13.7. The summed E-state index contributed by atoms with van der Waals surface area (Å²) in [5.74, 6) is -0.291. The fourth-order valence-corrected chi connectivity index (χ4v) is 2.53. The number of carbonyl (C=O) groups is 1. The van der Waals surface area contributed by atoms with Gasteiger partial charge in [-0.15, -0.1) is 0 Å². The second kappa shape index (κ2) is 6.91.